The first-order valence-electron chi connectivity index (χ1n) is 8.77. The Morgan fingerprint density at radius 1 is 1.04 bits per heavy atom. The first-order valence-corrected chi connectivity index (χ1v) is 10.2. The van der Waals surface area contributed by atoms with Crippen LogP contribution >= 0.6 is 0 Å². The van der Waals surface area contributed by atoms with Gasteiger partial charge in [0.05, 0.1) is 4.90 Å². The van der Waals surface area contributed by atoms with Gasteiger partial charge in [0.15, 0.2) is 0 Å². The fourth-order valence-corrected chi connectivity index (χ4v) is 4.31. The number of hydrogen-bond donors (Lipinski definition) is 1. The summed E-state index contributed by atoms with van der Waals surface area (Å²) in [5, 5.41) is 3.49. The minimum Gasteiger partial charge on any atom is -0.306 e. The van der Waals surface area contributed by atoms with Gasteiger partial charge >= 0.3 is 0 Å². The van der Waals surface area contributed by atoms with Gasteiger partial charge in [-0.2, -0.15) is 4.31 Å². The zero-order chi connectivity index (χ0) is 18.4. The molecule has 0 saturated heterocycles. The van der Waals surface area contributed by atoms with E-state index < -0.39 is 10.0 Å². The molecule has 0 spiro atoms. The Bertz CT molecular complexity index is 782. The van der Waals surface area contributed by atoms with E-state index in [4.69, 9.17) is 0 Å². The molecule has 0 aliphatic heterocycles. The van der Waals surface area contributed by atoms with Gasteiger partial charge in [0, 0.05) is 25.7 Å². The van der Waals surface area contributed by atoms with Crippen molar-refractivity contribution in [3.63, 3.8) is 0 Å². The van der Waals surface area contributed by atoms with Gasteiger partial charge in [-0.05, 0) is 37.1 Å². The summed E-state index contributed by atoms with van der Waals surface area (Å²) in [7, 11) is -3.39. The molecule has 136 valence electrons. The lowest BCUT2D eigenvalue weighted by molar-refractivity contribution is 0.445. The number of hydrogen-bond acceptors (Lipinski definition) is 3. The second-order valence-electron chi connectivity index (χ2n) is 6.25. The van der Waals surface area contributed by atoms with Crippen molar-refractivity contribution < 1.29 is 8.42 Å². The van der Waals surface area contributed by atoms with Gasteiger partial charge in [0.2, 0.25) is 10.0 Å². The van der Waals surface area contributed by atoms with Gasteiger partial charge < -0.3 is 5.32 Å². The maximum Gasteiger partial charge on any atom is 0.243 e. The quantitative estimate of drug-likeness (QED) is 0.777. The summed E-state index contributed by atoms with van der Waals surface area (Å²) in [4.78, 5) is 0.353. The minimum atomic E-state index is -3.39. The van der Waals surface area contributed by atoms with Crippen LogP contribution in [0.2, 0.25) is 0 Å². The molecule has 0 bridgehead atoms. The van der Waals surface area contributed by atoms with Gasteiger partial charge in [-0.25, -0.2) is 8.42 Å². The van der Waals surface area contributed by atoms with Gasteiger partial charge in [-0.1, -0.05) is 55.8 Å². The van der Waals surface area contributed by atoms with Crippen molar-refractivity contribution in [3.05, 3.63) is 65.2 Å². The predicted molar refractivity (Wildman–Crippen MR) is 103 cm³/mol. The standard InChI is InChI=1S/C20H28N2O2S/c1-5-22(6-2)25(23,24)20-12-10-19(11-13-20)17(4)21-15-18-9-7-8-16(3)14-18/h7-14,17,21H,5-6,15H2,1-4H3/t17-/m1/s1. The Morgan fingerprint density at radius 2 is 1.68 bits per heavy atom. The summed E-state index contributed by atoms with van der Waals surface area (Å²) in [6.45, 7) is 9.62. The fraction of sp³-hybridized carbons (Fsp3) is 0.400. The lowest BCUT2D eigenvalue weighted by atomic mass is 10.1. The fourth-order valence-electron chi connectivity index (χ4n) is 2.85. The van der Waals surface area contributed by atoms with Gasteiger partial charge in [-0.15, -0.1) is 0 Å². The van der Waals surface area contributed by atoms with Crippen molar-refractivity contribution in [2.75, 3.05) is 13.1 Å². The van der Waals surface area contributed by atoms with E-state index in [1.165, 1.54) is 15.4 Å². The predicted octanol–water partition coefficient (Wildman–Crippen LogP) is 3.88. The van der Waals surface area contributed by atoms with Crippen LogP contribution in [0.25, 0.3) is 0 Å². The van der Waals surface area contributed by atoms with Crippen molar-refractivity contribution in [2.24, 2.45) is 0 Å². The van der Waals surface area contributed by atoms with Crippen molar-refractivity contribution in [3.8, 4) is 0 Å². The molecule has 25 heavy (non-hydrogen) atoms. The molecule has 4 nitrogen and oxygen atoms in total. The molecule has 0 unspecified atom stereocenters. The van der Waals surface area contributed by atoms with Crippen LogP contribution in [0.1, 0.15) is 43.5 Å². The maximum atomic E-state index is 12.5. The third-order valence-corrected chi connectivity index (χ3v) is 6.48. The Kier molecular flexibility index (Phi) is 6.76. The average molecular weight is 361 g/mol. The summed E-state index contributed by atoms with van der Waals surface area (Å²) in [5.41, 5.74) is 3.57. The van der Waals surface area contributed by atoms with Crippen LogP contribution in [0.4, 0.5) is 0 Å². The van der Waals surface area contributed by atoms with E-state index in [9.17, 15) is 8.42 Å². The molecule has 5 heteroatoms. The molecule has 0 aromatic heterocycles. The Morgan fingerprint density at radius 3 is 2.24 bits per heavy atom. The zero-order valence-electron chi connectivity index (χ0n) is 15.5. The maximum absolute atomic E-state index is 12.5. The molecule has 0 saturated carbocycles. The first kappa shape index (κ1) is 19.6. The largest absolute Gasteiger partial charge is 0.306 e. The molecule has 0 radical (unpaired) electrons. The highest BCUT2D eigenvalue weighted by Crippen LogP contribution is 2.19. The molecular weight excluding hydrogens is 332 g/mol. The number of aryl methyl sites for hydroxylation is 1. The molecule has 2 aromatic rings. The SMILES string of the molecule is CCN(CC)S(=O)(=O)c1ccc([C@@H](C)NCc2cccc(C)c2)cc1. The number of nitrogens with one attached hydrogen (secondary N) is 1. The van der Waals surface area contributed by atoms with Crippen molar-refractivity contribution in [1.29, 1.82) is 0 Å². The van der Waals surface area contributed by atoms with Crippen molar-refractivity contribution >= 4 is 10.0 Å². The van der Waals surface area contributed by atoms with Crippen molar-refractivity contribution in [2.45, 2.75) is 45.2 Å². The highest BCUT2D eigenvalue weighted by molar-refractivity contribution is 7.89. The Balaban J connectivity index is 2.06. The third kappa shape index (κ3) is 4.91. The summed E-state index contributed by atoms with van der Waals surface area (Å²) < 4.78 is 26.5. The normalized spacial score (nSPS) is 13.2. The van der Waals surface area contributed by atoms with E-state index in [1.807, 2.05) is 26.0 Å². The topological polar surface area (TPSA) is 49.4 Å². The van der Waals surface area contributed by atoms with E-state index in [0.29, 0.717) is 18.0 Å². The molecule has 0 aliphatic rings. The summed E-state index contributed by atoms with van der Waals surface area (Å²) in [6, 6.07) is 15.7. The monoisotopic (exact) mass is 360 g/mol. The third-order valence-electron chi connectivity index (χ3n) is 4.42. The van der Waals surface area contributed by atoms with Crippen LogP contribution < -0.4 is 5.32 Å². The van der Waals surface area contributed by atoms with Crippen LogP contribution in [0.5, 0.6) is 0 Å². The molecule has 0 heterocycles. The van der Waals surface area contributed by atoms with E-state index in [2.05, 4.69) is 43.4 Å². The molecule has 0 aliphatic carbocycles. The molecule has 2 rings (SSSR count). The number of nitrogens with zero attached hydrogens (tertiary/aromatic N) is 1. The van der Waals surface area contributed by atoms with Crippen LogP contribution in [0.15, 0.2) is 53.4 Å². The second-order valence-corrected chi connectivity index (χ2v) is 8.19. The average Bonchev–Trinajstić information content (AvgIpc) is 2.60. The van der Waals surface area contributed by atoms with Gasteiger partial charge in [0.1, 0.15) is 0 Å². The Labute approximate surface area is 151 Å². The zero-order valence-corrected chi connectivity index (χ0v) is 16.3. The summed E-state index contributed by atoms with van der Waals surface area (Å²) >= 11 is 0. The number of sulfonamides is 1. The van der Waals surface area contributed by atoms with E-state index in [0.717, 1.165) is 12.1 Å². The smallest absolute Gasteiger partial charge is 0.243 e. The van der Waals surface area contributed by atoms with E-state index in [1.54, 1.807) is 12.1 Å². The second kappa shape index (κ2) is 8.61. The number of benzene rings is 2. The van der Waals surface area contributed by atoms with Gasteiger partial charge in [0.25, 0.3) is 0 Å². The van der Waals surface area contributed by atoms with Crippen molar-refractivity contribution in [1.82, 2.24) is 9.62 Å². The van der Waals surface area contributed by atoms with Crippen LogP contribution in [-0.4, -0.2) is 25.8 Å². The molecule has 2 aromatic carbocycles. The van der Waals surface area contributed by atoms with Crippen LogP contribution in [0, 0.1) is 6.92 Å². The lowest BCUT2D eigenvalue weighted by Crippen LogP contribution is -2.30. The van der Waals surface area contributed by atoms with Crippen LogP contribution in [-0.2, 0) is 16.6 Å². The molecule has 1 N–H and O–H groups in total. The Hall–Kier alpha value is -1.69. The summed E-state index contributed by atoms with van der Waals surface area (Å²) in [6.07, 6.45) is 0. The molecule has 0 amide bonds. The molecule has 1 atom stereocenters. The van der Waals surface area contributed by atoms with E-state index >= 15 is 0 Å². The molecule has 0 fully saturated rings. The van der Waals surface area contributed by atoms with E-state index in [-0.39, 0.29) is 6.04 Å². The molecular formula is C20H28N2O2S. The lowest BCUT2D eigenvalue weighted by Gasteiger charge is -2.19. The highest BCUT2D eigenvalue weighted by Gasteiger charge is 2.21. The highest BCUT2D eigenvalue weighted by atomic mass is 32.2. The van der Waals surface area contributed by atoms with Gasteiger partial charge in [-0.3, -0.25) is 0 Å². The number of rotatable bonds is 8. The minimum absolute atomic E-state index is 0.144. The van der Waals surface area contributed by atoms with Crippen LogP contribution in [0.3, 0.4) is 0 Å². The first-order chi connectivity index (χ1) is 11.9. The summed E-state index contributed by atoms with van der Waals surface area (Å²) in [5.74, 6) is 0.